The average molecular weight is 279 g/mol. The maximum atomic E-state index is 11.8. The molecule has 1 saturated carbocycles. The zero-order valence-electron chi connectivity index (χ0n) is 12.6. The van der Waals surface area contributed by atoms with Crippen LogP contribution < -0.4 is 5.73 Å². The average Bonchev–Trinajstić information content (AvgIpc) is 2.95. The second-order valence-corrected chi connectivity index (χ2v) is 6.57. The molecule has 2 N–H and O–H groups in total. The molecule has 1 heterocycles. The lowest BCUT2D eigenvalue weighted by Gasteiger charge is -2.21. The van der Waals surface area contributed by atoms with Gasteiger partial charge in [-0.2, -0.15) is 5.10 Å². The van der Waals surface area contributed by atoms with Crippen LogP contribution in [0.15, 0.2) is 12.3 Å². The first kappa shape index (κ1) is 15.0. The third-order valence-electron chi connectivity index (χ3n) is 3.50. The van der Waals surface area contributed by atoms with Crippen LogP contribution in [0.25, 0.3) is 0 Å². The van der Waals surface area contributed by atoms with E-state index in [0.717, 1.165) is 5.69 Å². The number of hydrogen-bond acceptors (Lipinski definition) is 4. The summed E-state index contributed by atoms with van der Waals surface area (Å²) in [5, 5.41) is 4.54. The molecule has 1 aliphatic carbocycles. The molecule has 1 aromatic rings. The van der Waals surface area contributed by atoms with Crippen molar-refractivity contribution < 1.29 is 9.53 Å². The molecule has 0 spiro atoms. The van der Waals surface area contributed by atoms with Crippen molar-refractivity contribution in [2.45, 2.75) is 70.6 Å². The second kappa shape index (κ2) is 5.95. The lowest BCUT2D eigenvalue weighted by atomic mass is 10.1. The van der Waals surface area contributed by atoms with Gasteiger partial charge in [0, 0.05) is 12.6 Å². The highest BCUT2D eigenvalue weighted by atomic mass is 16.6. The monoisotopic (exact) mass is 279 g/mol. The van der Waals surface area contributed by atoms with E-state index in [1.807, 2.05) is 37.7 Å². The lowest BCUT2D eigenvalue weighted by Crippen LogP contribution is -2.38. The molecule has 0 saturated heterocycles. The highest BCUT2D eigenvalue weighted by Crippen LogP contribution is 2.28. The third-order valence-corrected chi connectivity index (χ3v) is 3.50. The van der Waals surface area contributed by atoms with Crippen molar-refractivity contribution in [1.82, 2.24) is 9.78 Å². The predicted octanol–water partition coefficient (Wildman–Crippen LogP) is 2.21. The van der Waals surface area contributed by atoms with Crippen LogP contribution in [0, 0.1) is 0 Å². The summed E-state index contributed by atoms with van der Waals surface area (Å²) in [5.74, 6) is -0.368. The number of nitrogens with two attached hydrogens (primary N) is 1. The minimum absolute atomic E-state index is 0.368. The molecular formula is C15H25N3O2. The summed E-state index contributed by atoms with van der Waals surface area (Å²) in [4.78, 5) is 11.8. The van der Waals surface area contributed by atoms with Gasteiger partial charge in [-0.15, -0.1) is 0 Å². The summed E-state index contributed by atoms with van der Waals surface area (Å²) < 4.78 is 7.30. The molecule has 5 nitrogen and oxygen atoms in total. The number of ether oxygens (including phenoxy) is 1. The highest BCUT2D eigenvalue weighted by Gasteiger charge is 2.24. The molecule has 1 aromatic heterocycles. The van der Waals surface area contributed by atoms with E-state index in [9.17, 15) is 4.79 Å². The minimum Gasteiger partial charge on any atom is -0.459 e. The third kappa shape index (κ3) is 4.07. The zero-order chi connectivity index (χ0) is 14.8. The summed E-state index contributed by atoms with van der Waals surface area (Å²) in [6, 6.07) is 1.81. The predicted molar refractivity (Wildman–Crippen MR) is 77.3 cm³/mol. The second-order valence-electron chi connectivity index (χ2n) is 6.57. The maximum Gasteiger partial charge on any atom is 0.323 e. The Kier molecular flexibility index (Phi) is 4.48. The van der Waals surface area contributed by atoms with Gasteiger partial charge in [-0.1, -0.05) is 12.8 Å². The van der Waals surface area contributed by atoms with Gasteiger partial charge in [-0.25, -0.2) is 0 Å². The van der Waals surface area contributed by atoms with E-state index < -0.39 is 11.6 Å². The fourth-order valence-electron chi connectivity index (χ4n) is 2.54. The van der Waals surface area contributed by atoms with Crippen molar-refractivity contribution in [3.8, 4) is 0 Å². The largest absolute Gasteiger partial charge is 0.459 e. The number of rotatable bonds is 4. The number of nitrogens with zero attached hydrogens (tertiary/aromatic N) is 2. The van der Waals surface area contributed by atoms with Crippen LogP contribution in [-0.2, 0) is 16.0 Å². The standard InChI is InChI=1S/C15H25N3O2/c1-15(2,3)20-14(19)13(16)10-11-8-9-18(17-11)12-6-4-5-7-12/h8-9,12-13H,4-7,10,16H2,1-3H3. The number of carbonyl (C=O) groups excluding carboxylic acids is 1. The molecule has 20 heavy (non-hydrogen) atoms. The van der Waals surface area contributed by atoms with Crippen molar-refractivity contribution in [3.05, 3.63) is 18.0 Å². The van der Waals surface area contributed by atoms with E-state index >= 15 is 0 Å². The van der Waals surface area contributed by atoms with E-state index in [0.29, 0.717) is 12.5 Å². The van der Waals surface area contributed by atoms with Crippen LogP contribution in [0.3, 0.4) is 0 Å². The fourth-order valence-corrected chi connectivity index (χ4v) is 2.54. The summed E-state index contributed by atoms with van der Waals surface area (Å²) in [6.45, 7) is 5.52. The molecule has 0 radical (unpaired) electrons. The van der Waals surface area contributed by atoms with Gasteiger partial charge in [0.25, 0.3) is 0 Å². The number of esters is 1. The highest BCUT2D eigenvalue weighted by molar-refractivity contribution is 5.76. The van der Waals surface area contributed by atoms with Gasteiger partial charge in [0.05, 0.1) is 11.7 Å². The quantitative estimate of drug-likeness (QED) is 0.858. The van der Waals surface area contributed by atoms with Crippen LogP contribution >= 0.6 is 0 Å². The number of aromatic nitrogens is 2. The van der Waals surface area contributed by atoms with E-state index in [1.165, 1.54) is 25.7 Å². The van der Waals surface area contributed by atoms with Crippen LogP contribution in [0.5, 0.6) is 0 Å². The van der Waals surface area contributed by atoms with Crippen LogP contribution in [0.2, 0.25) is 0 Å². The van der Waals surface area contributed by atoms with E-state index in [2.05, 4.69) is 5.10 Å². The topological polar surface area (TPSA) is 70.1 Å². The Hall–Kier alpha value is -1.36. The first-order chi connectivity index (χ1) is 9.35. The van der Waals surface area contributed by atoms with Gasteiger partial charge in [-0.3, -0.25) is 9.48 Å². The van der Waals surface area contributed by atoms with Gasteiger partial charge >= 0.3 is 5.97 Å². The molecule has 1 unspecified atom stereocenters. The Bertz CT molecular complexity index is 456. The Balaban J connectivity index is 1.91. The molecule has 0 amide bonds. The Labute approximate surface area is 120 Å². The lowest BCUT2D eigenvalue weighted by molar-refractivity contribution is -0.156. The van der Waals surface area contributed by atoms with E-state index in [-0.39, 0.29) is 5.97 Å². The van der Waals surface area contributed by atoms with Crippen molar-refractivity contribution in [1.29, 1.82) is 0 Å². The molecule has 1 atom stereocenters. The van der Waals surface area contributed by atoms with Gasteiger partial charge < -0.3 is 10.5 Å². The Morgan fingerprint density at radius 1 is 1.50 bits per heavy atom. The first-order valence-electron chi connectivity index (χ1n) is 7.37. The molecule has 1 fully saturated rings. The van der Waals surface area contributed by atoms with Gasteiger partial charge in [0.1, 0.15) is 11.6 Å². The summed E-state index contributed by atoms with van der Waals surface area (Å²) in [6.07, 6.45) is 7.36. The van der Waals surface area contributed by atoms with Crippen LogP contribution in [-0.4, -0.2) is 27.4 Å². The van der Waals surface area contributed by atoms with Crippen molar-refractivity contribution >= 4 is 5.97 Å². The maximum absolute atomic E-state index is 11.8. The minimum atomic E-state index is -0.652. The van der Waals surface area contributed by atoms with Gasteiger partial charge in [-0.05, 0) is 39.7 Å². The smallest absolute Gasteiger partial charge is 0.323 e. The fraction of sp³-hybridized carbons (Fsp3) is 0.733. The first-order valence-corrected chi connectivity index (χ1v) is 7.37. The normalized spacial score (nSPS) is 18.2. The molecule has 5 heteroatoms. The summed E-state index contributed by atoms with van der Waals surface area (Å²) >= 11 is 0. The SMILES string of the molecule is CC(C)(C)OC(=O)C(N)Cc1ccn(C2CCCC2)n1. The molecule has 0 aromatic carbocycles. The van der Waals surface area contributed by atoms with Crippen molar-refractivity contribution in [3.63, 3.8) is 0 Å². The summed E-state index contributed by atoms with van der Waals surface area (Å²) in [5.41, 5.74) is 6.25. The van der Waals surface area contributed by atoms with Crippen LogP contribution in [0.4, 0.5) is 0 Å². The zero-order valence-corrected chi connectivity index (χ0v) is 12.6. The molecule has 0 aliphatic heterocycles. The van der Waals surface area contributed by atoms with E-state index in [1.54, 1.807) is 0 Å². The Morgan fingerprint density at radius 3 is 2.75 bits per heavy atom. The molecule has 0 bridgehead atoms. The molecule has 112 valence electrons. The van der Waals surface area contributed by atoms with Crippen molar-refractivity contribution in [2.24, 2.45) is 5.73 Å². The van der Waals surface area contributed by atoms with Gasteiger partial charge in [0.15, 0.2) is 0 Å². The number of hydrogen-bond donors (Lipinski definition) is 1. The molecular weight excluding hydrogens is 254 g/mol. The molecule has 2 rings (SSSR count). The molecule has 1 aliphatic rings. The number of carbonyl (C=O) groups is 1. The Morgan fingerprint density at radius 2 is 2.15 bits per heavy atom. The van der Waals surface area contributed by atoms with E-state index in [4.69, 9.17) is 10.5 Å². The summed E-state index contributed by atoms with van der Waals surface area (Å²) in [7, 11) is 0. The van der Waals surface area contributed by atoms with Crippen LogP contribution in [0.1, 0.15) is 58.2 Å². The van der Waals surface area contributed by atoms with Gasteiger partial charge in [0.2, 0.25) is 0 Å². The van der Waals surface area contributed by atoms with Crippen molar-refractivity contribution in [2.75, 3.05) is 0 Å².